The predicted octanol–water partition coefficient (Wildman–Crippen LogP) is 1.61. The van der Waals surface area contributed by atoms with Crippen LogP contribution in [-0.2, 0) is 0 Å². The third kappa shape index (κ3) is 3.79. The molecule has 0 bridgehead atoms. The van der Waals surface area contributed by atoms with Crippen LogP contribution in [0.2, 0.25) is 0 Å². The van der Waals surface area contributed by atoms with Gasteiger partial charge in [-0.15, -0.1) is 0 Å². The first-order chi connectivity index (χ1) is 12.6. The van der Waals surface area contributed by atoms with E-state index in [1.165, 1.54) is 30.7 Å². The maximum atomic E-state index is 14.0. The number of aromatic nitrogens is 2. The van der Waals surface area contributed by atoms with Crippen LogP contribution in [0.3, 0.4) is 0 Å². The van der Waals surface area contributed by atoms with Crippen molar-refractivity contribution in [2.24, 2.45) is 0 Å². The molecule has 0 aliphatic carbocycles. The molecule has 2 aromatic rings. The maximum absolute atomic E-state index is 14.0. The second-order valence-corrected chi connectivity index (χ2v) is 5.75. The van der Waals surface area contributed by atoms with Crippen molar-refractivity contribution in [1.82, 2.24) is 19.8 Å². The lowest BCUT2D eigenvalue weighted by atomic mass is 10.1. The molecule has 0 spiro atoms. The van der Waals surface area contributed by atoms with Crippen molar-refractivity contribution in [3.63, 3.8) is 0 Å². The number of hydrogen-bond acceptors (Lipinski definition) is 5. The SMILES string of the molecule is CCOc1ccc(C(=O)N2CCN(C(=O)c3cnccn3)CC2)cc1F. The minimum Gasteiger partial charge on any atom is -0.491 e. The molecule has 8 heteroatoms. The van der Waals surface area contributed by atoms with Crippen LogP contribution in [0, 0.1) is 5.82 Å². The van der Waals surface area contributed by atoms with Crippen LogP contribution in [-0.4, -0.2) is 64.4 Å². The summed E-state index contributed by atoms with van der Waals surface area (Å²) in [6.07, 6.45) is 4.39. The second-order valence-electron chi connectivity index (χ2n) is 5.75. The van der Waals surface area contributed by atoms with E-state index in [9.17, 15) is 14.0 Å². The summed E-state index contributed by atoms with van der Waals surface area (Å²) in [7, 11) is 0. The summed E-state index contributed by atoms with van der Waals surface area (Å²) in [4.78, 5) is 36.0. The third-order valence-corrected chi connectivity index (χ3v) is 4.12. The highest BCUT2D eigenvalue weighted by atomic mass is 19.1. The summed E-state index contributed by atoms with van der Waals surface area (Å²) in [5.41, 5.74) is 0.542. The molecule has 1 aromatic carbocycles. The molecule has 0 N–H and O–H groups in total. The molecule has 1 aliphatic rings. The molecule has 1 saturated heterocycles. The van der Waals surface area contributed by atoms with Crippen LogP contribution < -0.4 is 4.74 Å². The fraction of sp³-hybridized carbons (Fsp3) is 0.333. The van der Waals surface area contributed by atoms with Crippen molar-refractivity contribution >= 4 is 11.8 Å². The molecule has 1 fully saturated rings. The molecule has 26 heavy (non-hydrogen) atoms. The second kappa shape index (κ2) is 7.90. The molecule has 0 radical (unpaired) electrons. The molecule has 1 aromatic heterocycles. The van der Waals surface area contributed by atoms with E-state index in [4.69, 9.17) is 4.74 Å². The number of benzene rings is 1. The molecule has 7 nitrogen and oxygen atoms in total. The predicted molar refractivity (Wildman–Crippen MR) is 91.4 cm³/mol. The van der Waals surface area contributed by atoms with Gasteiger partial charge in [0.25, 0.3) is 11.8 Å². The Morgan fingerprint density at radius 2 is 1.81 bits per heavy atom. The molecule has 2 heterocycles. The highest BCUT2D eigenvalue weighted by Gasteiger charge is 2.26. The van der Waals surface area contributed by atoms with E-state index >= 15 is 0 Å². The van der Waals surface area contributed by atoms with Gasteiger partial charge in [0.2, 0.25) is 0 Å². The minimum absolute atomic E-state index is 0.128. The van der Waals surface area contributed by atoms with Gasteiger partial charge in [0.05, 0.1) is 12.8 Å². The number of carbonyl (C=O) groups excluding carboxylic acids is 2. The number of carbonyl (C=O) groups is 2. The van der Waals surface area contributed by atoms with Gasteiger partial charge >= 0.3 is 0 Å². The molecule has 2 amide bonds. The van der Waals surface area contributed by atoms with Crippen molar-refractivity contribution < 1.29 is 18.7 Å². The Bertz CT molecular complexity index is 792. The van der Waals surface area contributed by atoms with Crippen molar-refractivity contribution in [2.75, 3.05) is 32.8 Å². The molecular formula is C18H19FN4O3. The zero-order valence-corrected chi connectivity index (χ0v) is 14.4. The van der Waals surface area contributed by atoms with E-state index in [2.05, 4.69) is 9.97 Å². The van der Waals surface area contributed by atoms with E-state index in [1.54, 1.807) is 22.8 Å². The number of nitrogens with zero attached hydrogens (tertiary/aromatic N) is 4. The summed E-state index contributed by atoms with van der Waals surface area (Å²) in [6.45, 7) is 3.65. The lowest BCUT2D eigenvalue weighted by molar-refractivity contribution is 0.0531. The Kier molecular flexibility index (Phi) is 5.40. The normalized spacial score (nSPS) is 14.2. The van der Waals surface area contributed by atoms with Gasteiger partial charge in [-0.05, 0) is 25.1 Å². The van der Waals surface area contributed by atoms with Crippen LogP contribution in [0.5, 0.6) is 5.75 Å². The quantitative estimate of drug-likeness (QED) is 0.830. The van der Waals surface area contributed by atoms with Crippen LogP contribution in [0.1, 0.15) is 27.8 Å². The van der Waals surface area contributed by atoms with Crippen molar-refractivity contribution in [3.05, 3.63) is 53.9 Å². The van der Waals surface area contributed by atoms with Crippen molar-refractivity contribution in [1.29, 1.82) is 0 Å². The standard InChI is InChI=1S/C18H19FN4O3/c1-2-26-16-4-3-13(11-14(16)19)17(24)22-7-9-23(10-8-22)18(25)15-12-20-5-6-21-15/h3-6,11-12H,2,7-10H2,1H3. The van der Waals surface area contributed by atoms with Gasteiger partial charge in [-0.2, -0.15) is 0 Å². The molecule has 0 saturated carbocycles. The van der Waals surface area contributed by atoms with Gasteiger partial charge in [0.1, 0.15) is 5.69 Å². The third-order valence-electron chi connectivity index (χ3n) is 4.12. The summed E-state index contributed by atoms with van der Waals surface area (Å²) in [5.74, 6) is -0.909. The van der Waals surface area contributed by atoms with Gasteiger partial charge in [-0.25, -0.2) is 9.37 Å². The van der Waals surface area contributed by atoms with Gasteiger partial charge in [0, 0.05) is 44.1 Å². The number of ether oxygens (including phenoxy) is 1. The highest BCUT2D eigenvalue weighted by molar-refractivity contribution is 5.95. The minimum atomic E-state index is -0.561. The molecule has 0 unspecified atom stereocenters. The Hall–Kier alpha value is -3.03. The molecule has 0 atom stereocenters. The number of halogens is 1. The lowest BCUT2D eigenvalue weighted by Gasteiger charge is -2.34. The Labute approximate surface area is 150 Å². The smallest absolute Gasteiger partial charge is 0.274 e. The monoisotopic (exact) mass is 358 g/mol. The van der Waals surface area contributed by atoms with Crippen molar-refractivity contribution in [2.45, 2.75) is 6.92 Å². The van der Waals surface area contributed by atoms with Crippen molar-refractivity contribution in [3.8, 4) is 5.75 Å². The van der Waals surface area contributed by atoms with Crippen LogP contribution >= 0.6 is 0 Å². The van der Waals surface area contributed by atoms with E-state index in [1.807, 2.05) is 0 Å². The fourth-order valence-electron chi connectivity index (χ4n) is 2.77. The maximum Gasteiger partial charge on any atom is 0.274 e. The zero-order chi connectivity index (χ0) is 18.5. The summed E-state index contributed by atoms with van der Waals surface area (Å²) in [6, 6.07) is 4.19. The zero-order valence-electron chi connectivity index (χ0n) is 14.4. The van der Waals surface area contributed by atoms with Crippen LogP contribution in [0.25, 0.3) is 0 Å². The molecule has 1 aliphatic heterocycles. The molecular weight excluding hydrogens is 339 g/mol. The largest absolute Gasteiger partial charge is 0.491 e. The first-order valence-corrected chi connectivity index (χ1v) is 8.37. The Balaban J connectivity index is 1.62. The van der Waals surface area contributed by atoms with E-state index in [0.717, 1.165) is 0 Å². The Morgan fingerprint density at radius 1 is 1.12 bits per heavy atom. The van der Waals surface area contributed by atoms with E-state index in [-0.39, 0.29) is 28.8 Å². The fourth-order valence-corrected chi connectivity index (χ4v) is 2.77. The number of piperazine rings is 1. The first-order valence-electron chi connectivity index (χ1n) is 8.37. The summed E-state index contributed by atoms with van der Waals surface area (Å²) in [5, 5.41) is 0. The van der Waals surface area contributed by atoms with Gasteiger partial charge < -0.3 is 14.5 Å². The number of amides is 2. The average molecular weight is 358 g/mol. The average Bonchev–Trinajstić information content (AvgIpc) is 2.69. The van der Waals surface area contributed by atoms with Gasteiger partial charge in [0.15, 0.2) is 11.6 Å². The van der Waals surface area contributed by atoms with E-state index in [0.29, 0.717) is 32.8 Å². The highest BCUT2D eigenvalue weighted by Crippen LogP contribution is 2.20. The first kappa shape index (κ1) is 17.8. The summed E-state index contributed by atoms with van der Waals surface area (Å²) >= 11 is 0. The van der Waals surface area contributed by atoms with Crippen LogP contribution in [0.4, 0.5) is 4.39 Å². The number of hydrogen-bond donors (Lipinski definition) is 0. The Morgan fingerprint density at radius 3 is 2.38 bits per heavy atom. The van der Waals surface area contributed by atoms with Gasteiger partial charge in [-0.3, -0.25) is 14.6 Å². The van der Waals surface area contributed by atoms with E-state index < -0.39 is 5.82 Å². The molecule has 3 rings (SSSR count). The molecule has 136 valence electrons. The lowest BCUT2D eigenvalue weighted by Crippen LogP contribution is -2.50. The number of rotatable bonds is 4. The summed E-state index contributed by atoms with van der Waals surface area (Å²) < 4.78 is 19.1. The van der Waals surface area contributed by atoms with Crippen LogP contribution in [0.15, 0.2) is 36.8 Å². The van der Waals surface area contributed by atoms with Gasteiger partial charge in [-0.1, -0.05) is 0 Å². The topological polar surface area (TPSA) is 75.6 Å².